The fourth-order valence-electron chi connectivity index (χ4n) is 15.2. The molecule has 0 heterocycles. The molecule has 0 saturated heterocycles. The summed E-state index contributed by atoms with van der Waals surface area (Å²) in [5.74, 6) is 0. The molecule has 16 aromatic rings. The highest BCUT2D eigenvalue weighted by Gasteiger charge is 2.18. The molecule has 10 nitrogen and oxygen atoms in total. The van der Waals surface area contributed by atoms with Crippen LogP contribution in [0.1, 0.15) is 183 Å². The largest absolute Gasteiger partial charge is 0.234 e. The molecule has 0 bridgehead atoms. The number of anilines is 10. The van der Waals surface area contributed by atoms with E-state index in [2.05, 4.69) is 461 Å². The molecule has 0 aliphatic rings. The van der Waals surface area contributed by atoms with E-state index in [1.165, 1.54) is 83.1 Å². The Morgan fingerprint density at radius 2 is 0.425 bits per heavy atom. The van der Waals surface area contributed by atoms with E-state index in [1.807, 2.05) is 75.1 Å². The number of hydrogen-bond acceptors (Lipinski definition) is 10. The van der Waals surface area contributed by atoms with Crippen molar-refractivity contribution >= 4 is 97.7 Å². The van der Waals surface area contributed by atoms with Crippen molar-refractivity contribution in [1.82, 2.24) is 0 Å². The Bertz CT molecular complexity index is 6180. The van der Waals surface area contributed by atoms with Gasteiger partial charge in [0.1, 0.15) is 0 Å². The maximum absolute atomic E-state index is 4.98. The van der Waals surface area contributed by atoms with Crippen LogP contribution in [0.2, 0.25) is 0 Å². The number of hydrazone groups is 5. The number of rotatable bonds is 30. The molecule has 0 radical (unpaired) electrons. The Morgan fingerprint density at radius 3 is 0.701 bits per heavy atom. The van der Waals surface area contributed by atoms with Crippen LogP contribution in [0.3, 0.4) is 0 Å². The Kier molecular flexibility index (Phi) is 37.4. The minimum atomic E-state index is 0.990. The molecule has 678 valence electrons. The van der Waals surface area contributed by atoms with Gasteiger partial charge in [-0.05, 0) is 303 Å². The number of hydrogen-bond donors (Lipinski definition) is 0. The summed E-state index contributed by atoms with van der Waals surface area (Å²) < 4.78 is 0. The maximum atomic E-state index is 4.98. The Balaban J connectivity index is 0.000000151. The number of fused-ring (bicyclic) bond motifs is 1. The van der Waals surface area contributed by atoms with Gasteiger partial charge in [-0.15, -0.1) is 0 Å². The first kappa shape index (κ1) is 98.2. The van der Waals surface area contributed by atoms with Gasteiger partial charge < -0.3 is 0 Å². The first-order chi connectivity index (χ1) is 65.5. The smallest absolute Gasteiger partial charge is 0.0731 e. The van der Waals surface area contributed by atoms with Crippen LogP contribution in [0.5, 0.6) is 0 Å². The van der Waals surface area contributed by atoms with E-state index >= 15 is 0 Å². The van der Waals surface area contributed by atoms with Gasteiger partial charge in [-0.2, -0.15) is 25.5 Å². The minimum absolute atomic E-state index is 0.990. The lowest BCUT2D eigenvalue weighted by atomic mass is 10.0. The number of benzene rings is 16. The summed E-state index contributed by atoms with van der Waals surface area (Å²) in [6, 6.07) is 137. The normalized spacial score (nSPS) is 11.2. The van der Waals surface area contributed by atoms with E-state index in [4.69, 9.17) is 25.5 Å². The molecule has 0 aliphatic heterocycles. The molecular weight excluding hydrogens is 1630 g/mol. The second kappa shape index (κ2) is 51.1. The van der Waals surface area contributed by atoms with Crippen molar-refractivity contribution in [2.75, 3.05) is 25.0 Å². The number of nitrogens with zero attached hydrogens (tertiary/aromatic N) is 10. The van der Waals surface area contributed by atoms with E-state index < -0.39 is 0 Å². The highest BCUT2D eigenvalue weighted by Crippen LogP contribution is 2.37. The van der Waals surface area contributed by atoms with Crippen molar-refractivity contribution in [3.63, 3.8) is 0 Å². The van der Waals surface area contributed by atoms with Crippen LogP contribution in [0.15, 0.2) is 414 Å². The molecule has 10 heteroatoms. The van der Waals surface area contributed by atoms with Crippen molar-refractivity contribution in [3.05, 3.63) is 488 Å². The summed E-state index contributed by atoms with van der Waals surface area (Å²) in [5.41, 5.74) is 35.3. The van der Waals surface area contributed by atoms with Crippen LogP contribution >= 0.6 is 0 Å². The molecule has 0 atom stereocenters. The van der Waals surface area contributed by atoms with E-state index in [0.717, 1.165) is 160 Å². The summed E-state index contributed by atoms with van der Waals surface area (Å²) >= 11 is 0. The third-order valence-electron chi connectivity index (χ3n) is 24.0. The van der Waals surface area contributed by atoms with Gasteiger partial charge in [-0.25, -0.2) is 25.0 Å². The monoisotopic (exact) mass is 1760 g/mol. The van der Waals surface area contributed by atoms with Crippen LogP contribution < -0.4 is 25.0 Å². The second-order valence-corrected chi connectivity index (χ2v) is 33.5. The summed E-state index contributed by atoms with van der Waals surface area (Å²) in [6.45, 7) is 32.2. The third kappa shape index (κ3) is 28.3. The molecule has 0 aromatic heterocycles. The van der Waals surface area contributed by atoms with E-state index in [-0.39, 0.29) is 0 Å². The molecule has 16 aromatic carbocycles. The summed E-state index contributed by atoms with van der Waals surface area (Å²) in [5, 5.41) is 37.0. The molecule has 0 N–H and O–H groups in total. The highest BCUT2D eigenvalue weighted by atomic mass is 15.5. The first-order valence-electron chi connectivity index (χ1n) is 47.8. The summed E-state index contributed by atoms with van der Waals surface area (Å²) in [6.07, 6.45) is 16.1. The van der Waals surface area contributed by atoms with Crippen molar-refractivity contribution < 1.29 is 0 Å². The molecule has 134 heavy (non-hydrogen) atoms. The summed E-state index contributed by atoms with van der Waals surface area (Å²) in [7, 11) is 0. The zero-order chi connectivity index (χ0) is 94.3. The predicted molar refractivity (Wildman–Crippen MR) is 580 cm³/mol. The Hall–Kier alpha value is -14.9. The average Bonchev–Trinajstić information content (AvgIpc) is 0.778. The van der Waals surface area contributed by atoms with Gasteiger partial charge in [0.2, 0.25) is 0 Å². The van der Waals surface area contributed by atoms with E-state index in [9.17, 15) is 0 Å². The molecule has 0 saturated carbocycles. The van der Waals surface area contributed by atoms with Gasteiger partial charge in [0, 0.05) is 5.39 Å². The lowest BCUT2D eigenvalue weighted by Crippen LogP contribution is -2.12. The second-order valence-electron chi connectivity index (χ2n) is 33.5. The van der Waals surface area contributed by atoms with Gasteiger partial charge in [0.25, 0.3) is 0 Å². The number of aryl methyl sites for hydroxylation is 13. The Labute approximate surface area is 799 Å². The molecule has 0 aliphatic carbocycles. The van der Waals surface area contributed by atoms with Crippen molar-refractivity contribution in [2.45, 2.75) is 168 Å². The lowest BCUT2D eigenvalue weighted by molar-refractivity contribution is 1.06. The van der Waals surface area contributed by atoms with Crippen LogP contribution in [0, 0.1) is 20.8 Å². The quantitative estimate of drug-likeness (QED) is 0.0331. The predicted octanol–water partition coefficient (Wildman–Crippen LogP) is 32.8. The van der Waals surface area contributed by atoms with Crippen LogP contribution in [0.4, 0.5) is 56.9 Å². The van der Waals surface area contributed by atoms with Crippen LogP contribution in [-0.2, 0) is 64.2 Å². The lowest BCUT2D eigenvalue weighted by Gasteiger charge is -2.22. The molecule has 0 unspecified atom stereocenters. The standard InChI is InChI=1S/C28H28N2.C25H28N2.2C24H26N2.C23H24N2/c1-4-22-14-17-25(18-15-22)30(29-20-23-12-10-21(3)11-13-23)28-19-16-24(5-2)26-8-6-7-9-27(26)28;1-5-21-9-15-24(16-10-21)27(25-17-11-22(6-2)12-18-25)26-20(4)23-13-7-19(3)8-14-23;1-4-20-10-14-23(15-11-20)26(24-16-12-21(5-2)13-17-24)25-18-22-8-6-19(3)7-9-22;1-4-20-11-15-23(16-12-20)26(24-17-13-21(5-2)14-18-24)25-19(3)22-9-7-6-8-10-22;1-3-19-10-14-22(15-11-19)25(23-16-12-20(4-2)13-17-23)24-18-21-8-6-5-7-9-21/h6-20H,4-5H2,1-3H3;7-18H,5-6H2,1-4H3;2*6-18H,4-5H2,1-3H3;5-18H,3-4H2,1-2H3/b29-20+;26-20+;25-18+;25-19+;24-18+. The zero-order valence-corrected chi connectivity index (χ0v) is 81.2. The van der Waals surface area contributed by atoms with Gasteiger partial charge in [-0.3, -0.25) is 0 Å². The van der Waals surface area contributed by atoms with Crippen molar-refractivity contribution in [2.24, 2.45) is 25.5 Å². The highest BCUT2D eigenvalue weighted by molar-refractivity contribution is 6.01. The van der Waals surface area contributed by atoms with Gasteiger partial charge in [-0.1, -0.05) is 359 Å². The van der Waals surface area contributed by atoms with Crippen molar-refractivity contribution in [3.8, 4) is 0 Å². The van der Waals surface area contributed by atoms with Gasteiger partial charge in [0.05, 0.1) is 86.9 Å². The zero-order valence-electron chi connectivity index (χ0n) is 81.2. The fraction of sp³-hybridized carbons (Fsp3) is 0.202. The van der Waals surface area contributed by atoms with Gasteiger partial charge >= 0.3 is 0 Å². The average molecular weight is 1760 g/mol. The summed E-state index contributed by atoms with van der Waals surface area (Å²) in [4.78, 5) is 0. The van der Waals surface area contributed by atoms with E-state index in [0.29, 0.717) is 0 Å². The first-order valence-corrected chi connectivity index (χ1v) is 47.8. The molecule has 0 fully saturated rings. The molecule has 16 rings (SSSR count). The SMILES string of the molecule is CCc1ccc(N(/N=C(\C)c2ccc(C)cc2)c2ccc(CC)cc2)cc1.CCc1ccc(N(/N=C(\C)c2ccccc2)c2ccc(CC)cc2)cc1.CCc1ccc(N(/N=C/c2ccc(C)cc2)c2ccc(CC)c3ccccc23)cc1.CCc1ccc(N(/N=C/c2ccc(C)cc2)c2ccc(CC)cc2)cc1.CCc1ccc(N(/N=C/c2ccccc2)c2ccc(CC)cc2)cc1. The molecular formula is C124H132N10. The molecule has 0 amide bonds. The van der Waals surface area contributed by atoms with Crippen LogP contribution in [-0.4, -0.2) is 30.1 Å². The Morgan fingerprint density at radius 1 is 0.201 bits per heavy atom. The van der Waals surface area contributed by atoms with E-state index in [1.54, 1.807) is 0 Å². The molecule has 0 spiro atoms. The fourth-order valence-corrected chi connectivity index (χ4v) is 15.2. The topological polar surface area (TPSA) is 78.0 Å². The third-order valence-corrected chi connectivity index (χ3v) is 24.0. The van der Waals surface area contributed by atoms with Crippen LogP contribution in [0.25, 0.3) is 10.8 Å². The van der Waals surface area contributed by atoms with Crippen molar-refractivity contribution in [1.29, 1.82) is 0 Å². The maximum Gasteiger partial charge on any atom is 0.0731 e. The van der Waals surface area contributed by atoms with Gasteiger partial charge in [0.15, 0.2) is 0 Å². The minimum Gasteiger partial charge on any atom is -0.234 e.